The lowest BCUT2D eigenvalue weighted by Gasteiger charge is -2.28. The van der Waals surface area contributed by atoms with Gasteiger partial charge in [-0.3, -0.25) is 4.90 Å². The Balaban J connectivity index is 2.71. The minimum atomic E-state index is 0.466. The van der Waals surface area contributed by atoms with Crippen LogP contribution in [-0.2, 0) is 0 Å². The van der Waals surface area contributed by atoms with Crippen LogP contribution in [0.15, 0.2) is 30.3 Å². The minimum absolute atomic E-state index is 0.466. The van der Waals surface area contributed by atoms with E-state index in [1.165, 1.54) is 5.56 Å². The van der Waals surface area contributed by atoms with E-state index in [1.54, 1.807) is 0 Å². The quantitative estimate of drug-likeness (QED) is 0.793. The lowest BCUT2D eigenvalue weighted by Crippen LogP contribution is -2.36. The van der Waals surface area contributed by atoms with Crippen molar-refractivity contribution in [2.75, 3.05) is 20.1 Å². The van der Waals surface area contributed by atoms with Crippen LogP contribution in [0.5, 0.6) is 0 Å². The van der Waals surface area contributed by atoms with Crippen LogP contribution < -0.4 is 5.32 Å². The van der Waals surface area contributed by atoms with E-state index in [2.05, 4.69) is 68.4 Å². The number of hydrogen-bond acceptors (Lipinski definition) is 2. The van der Waals surface area contributed by atoms with Crippen LogP contribution in [-0.4, -0.2) is 31.1 Å². The molecule has 0 aliphatic rings. The molecule has 0 heterocycles. The van der Waals surface area contributed by atoms with Crippen molar-refractivity contribution in [3.05, 3.63) is 35.9 Å². The molecule has 0 bridgehead atoms. The van der Waals surface area contributed by atoms with Gasteiger partial charge in [-0.05, 0) is 19.2 Å². The Labute approximate surface area is 99.7 Å². The van der Waals surface area contributed by atoms with Gasteiger partial charge < -0.3 is 5.32 Å². The number of rotatable bonds is 6. The van der Waals surface area contributed by atoms with Crippen LogP contribution in [0, 0.1) is 0 Å². The molecule has 1 unspecified atom stereocenters. The molecule has 1 rings (SSSR count). The topological polar surface area (TPSA) is 15.3 Å². The average molecular weight is 220 g/mol. The van der Waals surface area contributed by atoms with Crippen molar-refractivity contribution in [2.45, 2.75) is 32.9 Å². The van der Waals surface area contributed by atoms with E-state index in [9.17, 15) is 0 Å². The van der Waals surface area contributed by atoms with Crippen molar-refractivity contribution in [2.24, 2.45) is 0 Å². The van der Waals surface area contributed by atoms with Crippen LogP contribution in [0.2, 0.25) is 0 Å². The molecule has 0 fully saturated rings. The fourth-order valence-electron chi connectivity index (χ4n) is 1.77. The zero-order valence-electron chi connectivity index (χ0n) is 10.9. The van der Waals surface area contributed by atoms with Gasteiger partial charge >= 0.3 is 0 Å². The third kappa shape index (κ3) is 3.95. The number of hydrogen-bond donors (Lipinski definition) is 1. The van der Waals surface area contributed by atoms with E-state index in [-0.39, 0.29) is 0 Å². The summed E-state index contributed by atoms with van der Waals surface area (Å²) in [6.07, 6.45) is 0. The molecule has 1 N–H and O–H groups in total. The number of nitrogens with zero attached hydrogens (tertiary/aromatic N) is 1. The first kappa shape index (κ1) is 13.2. The first-order valence-electron chi connectivity index (χ1n) is 6.13. The van der Waals surface area contributed by atoms with E-state index < -0.39 is 0 Å². The molecule has 2 nitrogen and oxygen atoms in total. The molecular weight excluding hydrogens is 196 g/mol. The van der Waals surface area contributed by atoms with Crippen molar-refractivity contribution >= 4 is 0 Å². The van der Waals surface area contributed by atoms with Crippen LogP contribution in [0.4, 0.5) is 0 Å². The third-order valence-corrected chi connectivity index (χ3v) is 2.93. The molecule has 1 atom stereocenters. The molecule has 0 radical (unpaired) electrons. The summed E-state index contributed by atoms with van der Waals surface area (Å²) in [5, 5.41) is 3.52. The molecule has 0 saturated heterocycles. The molecule has 90 valence electrons. The summed E-state index contributed by atoms with van der Waals surface area (Å²) in [6, 6.07) is 11.7. The lowest BCUT2D eigenvalue weighted by molar-refractivity contribution is 0.246. The maximum atomic E-state index is 3.52. The smallest absolute Gasteiger partial charge is 0.0469 e. The van der Waals surface area contributed by atoms with Gasteiger partial charge in [0.25, 0.3) is 0 Å². The van der Waals surface area contributed by atoms with Crippen molar-refractivity contribution in [3.8, 4) is 0 Å². The fraction of sp³-hybridized carbons (Fsp3) is 0.571. The van der Waals surface area contributed by atoms with Crippen molar-refractivity contribution in [1.29, 1.82) is 0 Å². The first-order chi connectivity index (χ1) is 7.65. The summed E-state index contributed by atoms with van der Waals surface area (Å²) in [5.74, 6) is 0. The zero-order chi connectivity index (χ0) is 12.0. The molecule has 0 aromatic heterocycles. The van der Waals surface area contributed by atoms with Gasteiger partial charge in [-0.25, -0.2) is 0 Å². The highest BCUT2D eigenvalue weighted by Gasteiger charge is 2.15. The van der Waals surface area contributed by atoms with E-state index in [0.717, 1.165) is 13.1 Å². The van der Waals surface area contributed by atoms with Gasteiger partial charge in [0.05, 0.1) is 0 Å². The van der Waals surface area contributed by atoms with Gasteiger partial charge in [-0.1, -0.05) is 51.1 Å². The monoisotopic (exact) mass is 220 g/mol. The fourth-order valence-corrected chi connectivity index (χ4v) is 1.77. The van der Waals surface area contributed by atoms with Crippen LogP contribution >= 0.6 is 0 Å². The predicted octanol–water partition coefficient (Wildman–Crippen LogP) is 2.68. The van der Waals surface area contributed by atoms with E-state index in [1.807, 2.05) is 0 Å². The van der Waals surface area contributed by atoms with Gasteiger partial charge in [-0.15, -0.1) is 0 Å². The molecular formula is C14H24N2. The second-order valence-corrected chi connectivity index (χ2v) is 4.56. The summed E-state index contributed by atoms with van der Waals surface area (Å²) >= 11 is 0. The van der Waals surface area contributed by atoms with Gasteiger partial charge in [0.1, 0.15) is 0 Å². The van der Waals surface area contributed by atoms with E-state index >= 15 is 0 Å². The maximum absolute atomic E-state index is 3.52. The average Bonchev–Trinajstić information content (AvgIpc) is 2.30. The molecule has 0 aliphatic carbocycles. The minimum Gasteiger partial charge on any atom is -0.313 e. The largest absolute Gasteiger partial charge is 0.313 e. The van der Waals surface area contributed by atoms with Crippen molar-refractivity contribution in [1.82, 2.24) is 10.2 Å². The van der Waals surface area contributed by atoms with Gasteiger partial charge in [0.2, 0.25) is 0 Å². The molecule has 1 aromatic carbocycles. The van der Waals surface area contributed by atoms with Crippen molar-refractivity contribution < 1.29 is 0 Å². The zero-order valence-corrected chi connectivity index (χ0v) is 10.9. The molecule has 0 saturated carbocycles. The van der Waals surface area contributed by atoms with E-state index in [0.29, 0.717) is 12.1 Å². The molecule has 1 aromatic rings. The molecule has 0 spiro atoms. The van der Waals surface area contributed by atoms with Gasteiger partial charge in [0.15, 0.2) is 0 Å². The molecule has 0 amide bonds. The summed E-state index contributed by atoms with van der Waals surface area (Å²) in [6.45, 7) is 8.65. The Hall–Kier alpha value is -0.860. The van der Waals surface area contributed by atoms with Crippen molar-refractivity contribution in [3.63, 3.8) is 0 Å². The second-order valence-electron chi connectivity index (χ2n) is 4.56. The van der Waals surface area contributed by atoms with E-state index in [4.69, 9.17) is 0 Å². The Bertz CT molecular complexity index is 282. The second kappa shape index (κ2) is 6.66. The van der Waals surface area contributed by atoms with Crippen LogP contribution in [0.1, 0.15) is 32.4 Å². The van der Waals surface area contributed by atoms with Gasteiger partial charge in [0, 0.05) is 18.6 Å². The highest BCUT2D eigenvalue weighted by molar-refractivity contribution is 5.19. The SMILES string of the molecule is CCN(C)C(CNC(C)C)c1ccccc1. The summed E-state index contributed by atoms with van der Waals surface area (Å²) < 4.78 is 0. The Morgan fingerprint density at radius 2 is 1.81 bits per heavy atom. The third-order valence-electron chi connectivity index (χ3n) is 2.93. The highest BCUT2D eigenvalue weighted by atomic mass is 15.1. The normalized spacial score (nSPS) is 13.4. The van der Waals surface area contributed by atoms with Gasteiger partial charge in [-0.2, -0.15) is 0 Å². The Kier molecular flexibility index (Phi) is 5.50. The standard InChI is InChI=1S/C14H24N2/c1-5-16(4)14(11-15-12(2)3)13-9-7-6-8-10-13/h6-10,12,14-15H,5,11H2,1-4H3. The summed E-state index contributed by atoms with van der Waals surface area (Å²) in [4.78, 5) is 2.38. The lowest BCUT2D eigenvalue weighted by atomic mass is 10.1. The summed E-state index contributed by atoms with van der Waals surface area (Å²) in [5.41, 5.74) is 1.39. The molecule has 2 heteroatoms. The maximum Gasteiger partial charge on any atom is 0.0469 e. The number of likely N-dealkylation sites (N-methyl/N-ethyl adjacent to an activating group) is 1. The number of nitrogens with one attached hydrogen (secondary N) is 1. The Morgan fingerprint density at radius 3 is 2.31 bits per heavy atom. The van der Waals surface area contributed by atoms with Crippen LogP contribution in [0.25, 0.3) is 0 Å². The Morgan fingerprint density at radius 1 is 1.19 bits per heavy atom. The number of benzene rings is 1. The van der Waals surface area contributed by atoms with Crippen LogP contribution in [0.3, 0.4) is 0 Å². The molecule has 16 heavy (non-hydrogen) atoms. The predicted molar refractivity (Wildman–Crippen MR) is 70.6 cm³/mol. The molecule has 0 aliphatic heterocycles. The first-order valence-corrected chi connectivity index (χ1v) is 6.13. The highest BCUT2D eigenvalue weighted by Crippen LogP contribution is 2.17. The summed E-state index contributed by atoms with van der Waals surface area (Å²) in [7, 11) is 2.18.